The minimum atomic E-state index is -0.136. The van der Waals surface area contributed by atoms with Crippen molar-refractivity contribution in [3.05, 3.63) is 16.5 Å². The molecular formula is C8H10Cl2N2O2. The molecule has 6 heteroatoms. The van der Waals surface area contributed by atoms with Crippen molar-refractivity contribution >= 4 is 23.2 Å². The van der Waals surface area contributed by atoms with Gasteiger partial charge in [-0.15, -0.1) is 0 Å². The summed E-state index contributed by atoms with van der Waals surface area (Å²) in [5.74, 6) is 0.274. The van der Waals surface area contributed by atoms with Crippen LogP contribution in [-0.2, 0) is 4.74 Å². The molecule has 1 rings (SSSR count). The summed E-state index contributed by atoms with van der Waals surface area (Å²) in [7, 11) is 1.59. The van der Waals surface area contributed by atoms with Crippen molar-refractivity contribution in [3.63, 3.8) is 0 Å². The molecule has 0 fully saturated rings. The van der Waals surface area contributed by atoms with Gasteiger partial charge in [-0.1, -0.05) is 11.6 Å². The zero-order chi connectivity index (χ0) is 10.6. The smallest absolute Gasteiger partial charge is 0.237 e. The van der Waals surface area contributed by atoms with Gasteiger partial charge in [0, 0.05) is 7.11 Å². The van der Waals surface area contributed by atoms with Crippen LogP contribution in [-0.4, -0.2) is 29.8 Å². The zero-order valence-corrected chi connectivity index (χ0v) is 9.34. The number of hydrogen-bond donors (Lipinski definition) is 0. The summed E-state index contributed by atoms with van der Waals surface area (Å²) >= 11 is 11.4. The van der Waals surface area contributed by atoms with Crippen LogP contribution < -0.4 is 4.74 Å². The van der Waals surface area contributed by atoms with Gasteiger partial charge < -0.3 is 9.47 Å². The maximum Gasteiger partial charge on any atom is 0.237 e. The maximum atomic E-state index is 5.79. The average molecular weight is 237 g/mol. The van der Waals surface area contributed by atoms with Crippen molar-refractivity contribution in [1.82, 2.24) is 9.97 Å². The predicted molar refractivity (Wildman–Crippen MR) is 54.0 cm³/mol. The molecule has 0 N–H and O–H groups in total. The SMILES string of the molecule is COCC(C)Oc1nc(Cl)ncc1Cl. The third kappa shape index (κ3) is 3.29. The lowest BCUT2D eigenvalue weighted by atomic mass is 10.4. The third-order valence-corrected chi connectivity index (χ3v) is 1.84. The Morgan fingerprint density at radius 2 is 2.21 bits per heavy atom. The number of ether oxygens (including phenoxy) is 2. The van der Waals surface area contributed by atoms with Crippen LogP contribution in [0.2, 0.25) is 10.3 Å². The topological polar surface area (TPSA) is 44.2 Å². The van der Waals surface area contributed by atoms with Gasteiger partial charge in [0.1, 0.15) is 11.1 Å². The van der Waals surface area contributed by atoms with Crippen LogP contribution in [0, 0.1) is 0 Å². The molecule has 0 radical (unpaired) electrons. The fraction of sp³-hybridized carbons (Fsp3) is 0.500. The fourth-order valence-electron chi connectivity index (χ4n) is 0.873. The molecule has 1 atom stereocenters. The molecule has 0 saturated heterocycles. The van der Waals surface area contributed by atoms with Gasteiger partial charge in [-0.05, 0) is 18.5 Å². The standard InChI is InChI=1S/C8H10Cl2N2O2/c1-5(4-13-2)14-7-6(9)3-11-8(10)12-7/h3,5H,4H2,1-2H3. The minimum absolute atomic E-state index is 0.106. The van der Waals surface area contributed by atoms with E-state index in [1.54, 1.807) is 7.11 Å². The Hall–Kier alpha value is -0.580. The molecule has 0 amide bonds. The first kappa shape index (κ1) is 11.5. The van der Waals surface area contributed by atoms with Crippen molar-refractivity contribution < 1.29 is 9.47 Å². The lowest BCUT2D eigenvalue weighted by molar-refractivity contribution is 0.0889. The average Bonchev–Trinajstić information content (AvgIpc) is 2.12. The molecule has 78 valence electrons. The van der Waals surface area contributed by atoms with Crippen LogP contribution in [0.25, 0.3) is 0 Å². The summed E-state index contributed by atoms with van der Waals surface area (Å²) in [6.45, 7) is 2.30. The second-order valence-electron chi connectivity index (χ2n) is 2.68. The molecule has 14 heavy (non-hydrogen) atoms. The molecule has 0 spiro atoms. The third-order valence-electron chi connectivity index (χ3n) is 1.40. The first-order valence-corrected chi connectivity index (χ1v) is 4.72. The van der Waals surface area contributed by atoms with Crippen molar-refractivity contribution in [2.75, 3.05) is 13.7 Å². The van der Waals surface area contributed by atoms with E-state index < -0.39 is 0 Å². The quantitative estimate of drug-likeness (QED) is 0.753. The van der Waals surface area contributed by atoms with Crippen molar-refractivity contribution in [3.8, 4) is 5.88 Å². The van der Waals surface area contributed by atoms with Gasteiger partial charge in [0.15, 0.2) is 0 Å². The van der Waals surface area contributed by atoms with Crippen LogP contribution in [0.4, 0.5) is 0 Å². The number of aromatic nitrogens is 2. The molecule has 1 aromatic rings. The first-order valence-electron chi connectivity index (χ1n) is 3.97. The second kappa shape index (κ2) is 5.34. The van der Waals surface area contributed by atoms with E-state index >= 15 is 0 Å². The van der Waals surface area contributed by atoms with Gasteiger partial charge in [-0.2, -0.15) is 4.98 Å². The molecule has 4 nitrogen and oxygen atoms in total. The summed E-state index contributed by atoms with van der Waals surface area (Å²) in [4.78, 5) is 7.54. The van der Waals surface area contributed by atoms with Crippen molar-refractivity contribution in [2.24, 2.45) is 0 Å². The van der Waals surface area contributed by atoms with Gasteiger partial charge in [0.2, 0.25) is 11.2 Å². The van der Waals surface area contributed by atoms with Crippen LogP contribution in [0.1, 0.15) is 6.92 Å². The second-order valence-corrected chi connectivity index (χ2v) is 3.42. The van der Waals surface area contributed by atoms with E-state index in [1.165, 1.54) is 6.20 Å². The van der Waals surface area contributed by atoms with E-state index in [9.17, 15) is 0 Å². The molecule has 1 heterocycles. The highest BCUT2D eigenvalue weighted by Gasteiger charge is 2.09. The largest absolute Gasteiger partial charge is 0.471 e. The Balaban J connectivity index is 2.70. The summed E-state index contributed by atoms with van der Waals surface area (Å²) in [5, 5.41) is 0.436. The summed E-state index contributed by atoms with van der Waals surface area (Å²) in [6.07, 6.45) is 1.26. The van der Waals surface area contributed by atoms with Crippen molar-refractivity contribution in [2.45, 2.75) is 13.0 Å². The van der Waals surface area contributed by atoms with Gasteiger partial charge in [-0.3, -0.25) is 0 Å². The monoisotopic (exact) mass is 236 g/mol. The Morgan fingerprint density at radius 3 is 2.86 bits per heavy atom. The van der Waals surface area contributed by atoms with E-state index in [0.29, 0.717) is 11.6 Å². The molecule has 1 unspecified atom stereocenters. The fourth-order valence-corrected chi connectivity index (χ4v) is 1.13. The van der Waals surface area contributed by atoms with Crippen LogP contribution in [0.3, 0.4) is 0 Å². The highest BCUT2D eigenvalue weighted by Crippen LogP contribution is 2.22. The maximum absolute atomic E-state index is 5.79. The van der Waals surface area contributed by atoms with Crippen molar-refractivity contribution in [1.29, 1.82) is 0 Å². The van der Waals surface area contributed by atoms with Gasteiger partial charge in [0.25, 0.3) is 0 Å². The van der Waals surface area contributed by atoms with E-state index in [4.69, 9.17) is 32.7 Å². The molecule has 0 aliphatic heterocycles. The van der Waals surface area contributed by atoms with Crippen LogP contribution in [0.15, 0.2) is 6.20 Å². The van der Waals surface area contributed by atoms with Crippen LogP contribution >= 0.6 is 23.2 Å². The molecule has 1 aromatic heterocycles. The van der Waals surface area contributed by atoms with E-state index in [-0.39, 0.29) is 17.3 Å². The number of rotatable bonds is 4. The predicted octanol–water partition coefficient (Wildman–Crippen LogP) is 2.20. The van der Waals surface area contributed by atoms with E-state index in [1.807, 2.05) is 6.92 Å². The lowest BCUT2D eigenvalue weighted by Gasteiger charge is -2.13. The summed E-state index contributed by atoms with van der Waals surface area (Å²) < 4.78 is 10.3. The van der Waals surface area contributed by atoms with Crippen LogP contribution in [0.5, 0.6) is 5.88 Å². The number of methoxy groups -OCH3 is 1. The van der Waals surface area contributed by atoms with E-state index in [2.05, 4.69) is 9.97 Å². The highest BCUT2D eigenvalue weighted by atomic mass is 35.5. The molecule has 0 aromatic carbocycles. The number of hydrogen-bond acceptors (Lipinski definition) is 4. The minimum Gasteiger partial charge on any atom is -0.471 e. The number of nitrogens with zero attached hydrogens (tertiary/aromatic N) is 2. The lowest BCUT2D eigenvalue weighted by Crippen LogP contribution is -2.18. The summed E-state index contributed by atoms with van der Waals surface area (Å²) in [5.41, 5.74) is 0. The molecule has 0 saturated carbocycles. The van der Waals surface area contributed by atoms with Gasteiger partial charge >= 0.3 is 0 Å². The molecule has 0 bridgehead atoms. The molecule has 0 aliphatic carbocycles. The Labute approximate surface area is 92.2 Å². The Morgan fingerprint density at radius 1 is 1.50 bits per heavy atom. The molecular weight excluding hydrogens is 227 g/mol. The van der Waals surface area contributed by atoms with Gasteiger partial charge in [-0.25, -0.2) is 4.98 Å². The molecule has 0 aliphatic rings. The first-order chi connectivity index (χ1) is 6.63. The number of halogens is 2. The Kier molecular flexibility index (Phi) is 4.38. The highest BCUT2D eigenvalue weighted by molar-refractivity contribution is 6.32. The zero-order valence-electron chi connectivity index (χ0n) is 7.83. The van der Waals surface area contributed by atoms with E-state index in [0.717, 1.165) is 0 Å². The Bertz CT molecular complexity index is 309. The summed E-state index contributed by atoms with van der Waals surface area (Å²) in [6, 6.07) is 0. The normalized spacial score (nSPS) is 12.6. The van der Waals surface area contributed by atoms with Gasteiger partial charge in [0.05, 0.1) is 12.8 Å².